The summed E-state index contributed by atoms with van der Waals surface area (Å²) in [4.78, 5) is 0. The molecule has 0 atom stereocenters. The lowest BCUT2D eigenvalue weighted by molar-refractivity contribution is -0.0750. The van der Waals surface area contributed by atoms with Gasteiger partial charge in [0, 0.05) is 19.2 Å². The summed E-state index contributed by atoms with van der Waals surface area (Å²) in [6.07, 6.45) is 7.71. The van der Waals surface area contributed by atoms with Crippen molar-refractivity contribution in [1.82, 2.24) is 5.32 Å². The van der Waals surface area contributed by atoms with E-state index in [2.05, 4.69) is 19.2 Å². The molecule has 1 aliphatic carbocycles. The van der Waals surface area contributed by atoms with E-state index in [-0.39, 0.29) is 5.60 Å². The van der Waals surface area contributed by atoms with Gasteiger partial charge in [0.2, 0.25) is 0 Å². The first-order chi connectivity index (χ1) is 8.68. The second kappa shape index (κ2) is 8.89. The second-order valence-corrected chi connectivity index (χ2v) is 5.68. The fourth-order valence-corrected chi connectivity index (χ4v) is 2.60. The third kappa shape index (κ3) is 6.17. The van der Waals surface area contributed by atoms with Gasteiger partial charge in [0.15, 0.2) is 0 Å². The Balaban J connectivity index is 2.43. The average Bonchev–Trinajstić information content (AvgIpc) is 2.59. The number of rotatable bonds is 8. The van der Waals surface area contributed by atoms with Crippen LogP contribution in [0.15, 0.2) is 0 Å². The van der Waals surface area contributed by atoms with Gasteiger partial charge in [-0.25, -0.2) is 0 Å². The molecule has 1 rings (SSSR count). The van der Waals surface area contributed by atoms with Crippen LogP contribution in [0, 0.1) is 0 Å². The molecule has 0 aromatic carbocycles. The Morgan fingerprint density at radius 2 is 1.72 bits per heavy atom. The van der Waals surface area contributed by atoms with E-state index in [0.29, 0.717) is 6.04 Å². The van der Waals surface area contributed by atoms with Crippen LogP contribution < -0.4 is 5.32 Å². The third-order valence-corrected chi connectivity index (χ3v) is 3.69. The number of hydrogen-bond acceptors (Lipinski definition) is 3. The van der Waals surface area contributed by atoms with Crippen molar-refractivity contribution < 1.29 is 9.47 Å². The second-order valence-electron chi connectivity index (χ2n) is 5.68. The SMILES string of the molecule is CCOCCOC1(CNC(C)C)CCCCCC1. The van der Waals surface area contributed by atoms with Crippen molar-refractivity contribution in [3.63, 3.8) is 0 Å². The first kappa shape index (κ1) is 15.9. The van der Waals surface area contributed by atoms with Gasteiger partial charge in [-0.05, 0) is 19.8 Å². The Labute approximate surface area is 113 Å². The van der Waals surface area contributed by atoms with E-state index in [4.69, 9.17) is 9.47 Å². The average molecular weight is 257 g/mol. The summed E-state index contributed by atoms with van der Waals surface area (Å²) in [6.45, 7) is 9.64. The Hall–Kier alpha value is -0.120. The third-order valence-electron chi connectivity index (χ3n) is 3.69. The van der Waals surface area contributed by atoms with Gasteiger partial charge in [-0.1, -0.05) is 39.5 Å². The molecule has 1 fully saturated rings. The molecule has 1 aliphatic rings. The smallest absolute Gasteiger partial charge is 0.0807 e. The van der Waals surface area contributed by atoms with Crippen LogP contribution in [-0.2, 0) is 9.47 Å². The first-order valence-corrected chi connectivity index (χ1v) is 7.63. The van der Waals surface area contributed by atoms with Crippen LogP contribution in [0.25, 0.3) is 0 Å². The van der Waals surface area contributed by atoms with Crippen LogP contribution in [-0.4, -0.2) is 38.0 Å². The quantitative estimate of drug-likeness (QED) is 0.535. The Bertz CT molecular complexity index is 199. The largest absolute Gasteiger partial charge is 0.379 e. The van der Waals surface area contributed by atoms with Crippen LogP contribution >= 0.6 is 0 Å². The highest BCUT2D eigenvalue weighted by atomic mass is 16.5. The summed E-state index contributed by atoms with van der Waals surface area (Å²) < 4.78 is 11.6. The van der Waals surface area contributed by atoms with Crippen LogP contribution in [0.5, 0.6) is 0 Å². The summed E-state index contributed by atoms with van der Waals surface area (Å²) in [7, 11) is 0. The van der Waals surface area contributed by atoms with Crippen molar-refractivity contribution in [2.45, 2.75) is 70.9 Å². The van der Waals surface area contributed by atoms with E-state index in [1.165, 1.54) is 38.5 Å². The predicted molar refractivity (Wildman–Crippen MR) is 76.0 cm³/mol. The monoisotopic (exact) mass is 257 g/mol. The van der Waals surface area contributed by atoms with E-state index < -0.39 is 0 Å². The van der Waals surface area contributed by atoms with Gasteiger partial charge in [-0.2, -0.15) is 0 Å². The molecular formula is C15H31NO2. The molecule has 1 saturated carbocycles. The van der Waals surface area contributed by atoms with Crippen molar-refractivity contribution in [2.75, 3.05) is 26.4 Å². The summed E-state index contributed by atoms with van der Waals surface area (Å²) in [5.41, 5.74) is 0.0534. The molecule has 0 radical (unpaired) electrons. The van der Waals surface area contributed by atoms with Crippen molar-refractivity contribution >= 4 is 0 Å². The molecule has 0 unspecified atom stereocenters. The van der Waals surface area contributed by atoms with Crippen molar-refractivity contribution in [2.24, 2.45) is 0 Å². The lowest BCUT2D eigenvalue weighted by Gasteiger charge is -2.34. The molecule has 108 valence electrons. The zero-order valence-electron chi connectivity index (χ0n) is 12.5. The van der Waals surface area contributed by atoms with Gasteiger partial charge in [-0.15, -0.1) is 0 Å². The van der Waals surface area contributed by atoms with Crippen LogP contribution in [0.3, 0.4) is 0 Å². The Kier molecular flexibility index (Phi) is 7.87. The van der Waals surface area contributed by atoms with Crippen LogP contribution in [0.2, 0.25) is 0 Å². The number of hydrogen-bond donors (Lipinski definition) is 1. The summed E-state index contributed by atoms with van der Waals surface area (Å²) >= 11 is 0. The standard InChI is InChI=1S/C15H31NO2/c1-4-17-11-12-18-15(13-16-14(2)3)9-7-5-6-8-10-15/h14,16H,4-13H2,1-3H3. The minimum Gasteiger partial charge on any atom is -0.379 e. The maximum absolute atomic E-state index is 6.22. The Morgan fingerprint density at radius 1 is 1.06 bits per heavy atom. The molecule has 0 amide bonds. The van der Waals surface area contributed by atoms with Gasteiger partial charge in [0.25, 0.3) is 0 Å². The van der Waals surface area contributed by atoms with E-state index >= 15 is 0 Å². The van der Waals surface area contributed by atoms with E-state index in [1.807, 2.05) is 6.92 Å². The zero-order valence-corrected chi connectivity index (χ0v) is 12.5. The summed E-state index contributed by atoms with van der Waals surface area (Å²) in [6, 6.07) is 0.528. The molecule has 1 N–H and O–H groups in total. The van der Waals surface area contributed by atoms with Gasteiger partial charge in [0.1, 0.15) is 0 Å². The molecule has 0 aromatic rings. The molecule has 3 nitrogen and oxygen atoms in total. The van der Waals surface area contributed by atoms with E-state index in [0.717, 1.165) is 26.4 Å². The van der Waals surface area contributed by atoms with E-state index in [1.54, 1.807) is 0 Å². The van der Waals surface area contributed by atoms with E-state index in [9.17, 15) is 0 Å². The van der Waals surface area contributed by atoms with Gasteiger partial charge >= 0.3 is 0 Å². The topological polar surface area (TPSA) is 30.5 Å². The maximum atomic E-state index is 6.22. The molecule has 18 heavy (non-hydrogen) atoms. The maximum Gasteiger partial charge on any atom is 0.0807 e. The highest BCUT2D eigenvalue weighted by molar-refractivity contribution is 4.86. The molecule has 0 heterocycles. The lowest BCUT2D eigenvalue weighted by Crippen LogP contribution is -2.45. The van der Waals surface area contributed by atoms with Crippen molar-refractivity contribution in [1.29, 1.82) is 0 Å². The summed E-state index contributed by atoms with van der Waals surface area (Å²) in [5.74, 6) is 0. The Morgan fingerprint density at radius 3 is 2.28 bits per heavy atom. The molecular weight excluding hydrogens is 226 g/mol. The molecule has 0 aromatic heterocycles. The fraction of sp³-hybridized carbons (Fsp3) is 1.00. The van der Waals surface area contributed by atoms with Gasteiger partial charge < -0.3 is 14.8 Å². The first-order valence-electron chi connectivity index (χ1n) is 7.63. The highest BCUT2D eigenvalue weighted by Crippen LogP contribution is 2.30. The minimum atomic E-state index is 0.0534. The highest BCUT2D eigenvalue weighted by Gasteiger charge is 2.31. The summed E-state index contributed by atoms with van der Waals surface area (Å²) in [5, 5.41) is 3.56. The van der Waals surface area contributed by atoms with Crippen molar-refractivity contribution in [3.8, 4) is 0 Å². The van der Waals surface area contributed by atoms with Crippen LogP contribution in [0.1, 0.15) is 59.3 Å². The van der Waals surface area contributed by atoms with Gasteiger partial charge in [-0.3, -0.25) is 0 Å². The number of nitrogens with one attached hydrogen (secondary N) is 1. The number of ether oxygens (including phenoxy) is 2. The fourth-order valence-electron chi connectivity index (χ4n) is 2.60. The minimum absolute atomic E-state index is 0.0534. The van der Waals surface area contributed by atoms with Crippen molar-refractivity contribution in [3.05, 3.63) is 0 Å². The molecule has 0 aliphatic heterocycles. The zero-order chi connectivity index (χ0) is 13.3. The van der Waals surface area contributed by atoms with Gasteiger partial charge in [0.05, 0.1) is 18.8 Å². The normalized spacial score (nSPS) is 20.0. The lowest BCUT2D eigenvalue weighted by atomic mass is 9.93. The predicted octanol–water partition coefficient (Wildman–Crippen LogP) is 3.13. The molecule has 0 bridgehead atoms. The molecule has 0 saturated heterocycles. The molecule has 0 spiro atoms. The van der Waals surface area contributed by atoms with Crippen LogP contribution in [0.4, 0.5) is 0 Å². The molecule has 3 heteroatoms.